The van der Waals surface area contributed by atoms with E-state index < -0.39 is 40.7 Å². The molecule has 0 saturated heterocycles. The lowest BCUT2D eigenvalue weighted by Crippen LogP contribution is -2.32. The van der Waals surface area contributed by atoms with Crippen molar-refractivity contribution < 1.29 is 27.9 Å². The number of anilines is 1. The van der Waals surface area contributed by atoms with Crippen molar-refractivity contribution in [3.63, 3.8) is 0 Å². The topological polar surface area (TPSA) is 99.4 Å². The van der Waals surface area contributed by atoms with Gasteiger partial charge >= 0.3 is 0 Å². The number of imidazole rings is 1. The summed E-state index contributed by atoms with van der Waals surface area (Å²) in [4.78, 5) is 34.5. The molecule has 1 amide bonds. The fourth-order valence-corrected chi connectivity index (χ4v) is 3.82. The quantitative estimate of drug-likeness (QED) is 0.459. The number of H-pyrrole nitrogens is 1. The third-order valence-corrected chi connectivity index (χ3v) is 5.27. The molecule has 1 unspecified atom stereocenters. The van der Waals surface area contributed by atoms with Crippen LogP contribution in [0.4, 0.5) is 14.7 Å². The van der Waals surface area contributed by atoms with Crippen LogP contribution >= 0.6 is 0 Å². The zero-order valence-electron chi connectivity index (χ0n) is 16.6. The van der Waals surface area contributed by atoms with Crippen molar-refractivity contribution in [1.29, 1.82) is 0 Å². The van der Waals surface area contributed by atoms with E-state index in [0.717, 1.165) is 23.1 Å². The lowest BCUT2D eigenvalue weighted by atomic mass is 9.94. The number of nitrogens with one attached hydrogen (secondary N) is 1. The van der Waals surface area contributed by atoms with Gasteiger partial charge in [0.2, 0.25) is 11.7 Å². The number of halogens is 2. The number of aromatic amines is 1. The fourth-order valence-electron chi connectivity index (χ4n) is 3.82. The van der Waals surface area contributed by atoms with Crippen LogP contribution < -0.4 is 4.90 Å². The number of hydrogen-bond donors (Lipinski definition) is 2. The molecule has 160 valence electrons. The van der Waals surface area contributed by atoms with Crippen LogP contribution in [0.3, 0.4) is 0 Å². The average Bonchev–Trinajstić information content (AvgIpc) is 3.46. The van der Waals surface area contributed by atoms with Gasteiger partial charge < -0.3 is 14.5 Å². The second-order valence-corrected chi connectivity index (χ2v) is 7.32. The summed E-state index contributed by atoms with van der Waals surface area (Å²) in [7, 11) is 0. The SMILES string of the molecule is Cc1ccc(C(=O)C2=C(O)C(=O)N(c3nc4ccccc4[nH]3)C2c2cc(F)ccc2F)o1. The number of carbonyl (C=O) groups is 2. The van der Waals surface area contributed by atoms with Gasteiger partial charge in [-0.1, -0.05) is 12.1 Å². The molecule has 0 radical (unpaired) electrons. The van der Waals surface area contributed by atoms with Crippen molar-refractivity contribution in [2.45, 2.75) is 13.0 Å². The Morgan fingerprint density at radius 2 is 1.94 bits per heavy atom. The van der Waals surface area contributed by atoms with Gasteiger partial charge in [0.25, 0.3) is 5.91 Å². The van der Waals surface area contributed by atoms with Crippen LogP contribution in [0.25, 0.3) is 11.0 Å². The van der Waals surface area contributed by atoms with Crippen LogP contribution in [0.15, 0.2) is 70.3 Å². The summed E-state index contributed by atoms with van der Waals surface area (Å²) in [6.45, 7) is 1.62. The zero-order chi connectivity index (χ0) is 22.6. The van der Waals surface area contributed by atoms with Crippen LogP contribution in [-0.2, 0) is 4.79 Å². The van der Waals surface area contributed by atoms with E-state index in [1.807, 2.05) is 0 Å². The first-order valence-corrected chi connectivity index (χ1v) is 9.62. The maximum Gasteiger partial charge on any atom is 0.296 e. The maximum absolute atomic E-state index is 14.8. The Morgan fingerprint density at radius 1 is 1.16 bits per heavy atom. The summed E-state index contributed by atoms with van der Waals surface area (Å²) in [5.74, 6) is -4.08. The van der Waals surface area contributed by atoms with Crippen LogP contribution in [0.1, 0.15) is 27.9 Å². The van der Waals surface area contributed by atoms with Crippen LogP contribution in [0.2, 0.25) is 0 Å². The van der Waals surface area contributed by atoms with Gasteiger partial charge in [0.15, 0.2) is 11.5 Å². The number of ketones is 1. The van der Waals surface area contributed by atoms with E-state index in [0.29, 0.717) is 16.8 Å². The van der Waals surface area contributed by atoms with Crippen LogP contribution in [0, 0.1) is 18.6 Å². The standard InChI is InChI=1S/C23H15F2N3O4/c1-11-6-9-17(32-11)20(29)18-19(13-10-12(24)7-8-14(13)25)28(22(31)21(18)30)23-26-15-4-2-3-5-16(15)27-23/h2-10,19,30H,1H3,(H,26,27). The molecule has 1 aliphatic heterocycles. The zero-order valence-corrected chi connectivity index (χ0v) is 16.6. The van der Waals surface area contributed by atoms with Crippen molar-refractivity contribution in [2.24, 2.45) is 0 Å². The van der Waals surface area contributed by atoms with Crippen LogP contribution in [-0.4, -0.2) is 26.8 Å². The molecule has 9 heteroatoms. The number of fused-ring (bicyclic) bond motifs is 1. The Hall–Kier alpha value is -4.27. The van der Waals surface area contributed by atoms with Gasteiger partial charge in [0, 0.05) is 5.56 Å². The summed E-state index contributed by atoms with van der Waals surface area (Å²) in [6, 6.07) is 11.0. The van der Waals surface area contributed by atoms with E-state index in [-0.39, 0.29) is 17.3 Å². The van der Waals surface area contributed by atoms with Gasteiger partial charge in [0.1, 0.15) is 23.4 Å². The lowest BCUT2D eigenvalue weighted by Gasteiger charge is -2.24. The molecule has 0 spiro atoms. The van der Waals surface area contributed by atoms with E-state index in [1.165, 1.54) is 12.1 Å². The van der Waals surface area contributed by atoms with Crippen molar-refractivity contribution in [3.05, 3.63) is 94.6 Å². The molecular formula is C23H15F2N3O4. The number of aromatic nitrogens is 2. The van der Waals surface area contributed by atoms with E-state index in [9.17, 15) is 23.5 Å². The number of Topliss-reactive ketones (excluding diaryl/α,β-unsaturated/α-hetero) is 1. The highest BCUT2D eigenvalue weighted by molar-refractivity contribution is 6.20. The molecule has 0 bridgehead atoms. The number of hydrogen-bond acceptors (Lipinski definition) is 5. The predicted molar refractivity (Wildman–Crippen MR) is 110 cm³/mol. The van der Waals surface area contributed by atoms with Crippen molar-refractivity contribution in [2.75, 3.05) is 4.90 Å². The number of amides is 1. The molecule has 0 fully saturated rings. The molecule has 1 atom stereocenters. The van der Waals surface area contributed by atoms with E-state index in [1.54, 1.807) is 31.2 Å². The first-order valence-electron chi connectivity index (χ1n) is 9.62. The summed E-state index contributed by atoms with van der Waals surface area (Å²) in [6.07, 6.45) is 0. The molecule has 2 aromatic carbocycles. The summed E-state index contributed by atoms with van der Waals surface area (Å²) >= 11 is 0. The Labute approximate surface area is 179 Å². The number of para-hydroxylation sites is 2. The number of carbonyl (C=O) groups excluding carboxylic acids is 2. The number of furan rings is 1. The Morgan fingerprint density at radius 3 is 2.66 bits per heavy atom. The minimum absolute atomic E-state index is 0.0326. The monoisotopic (exact) mass is 435 g/mol. The molecule has 4 aromatic rings. The Kier molecular flexibility index (Phi) is 4.40. The fraction of sp³-hybridized carbons (Fsp3) is 0.0870. The molecule has 7 nitrogen and oxygen atoms in total. The smallest absolute Gasteiger partial charge is 0.296 e. The molecule has 0 saturated carbocycles. The summed E-state index contributed by atoms with van der Waals surface area (Å²) < 4.78 is 34.3. The van der Waals surface area contributed by atoms with E-state index in [4.69, 9.17) is 4.42 Å². The number of aliphatic hydroxyl groups is 1. The molecule has 3 heterocycles. The van der Waals surface area contributed by atoms with Gasteiger partial charge in [-0.25, -0.2) is 13.8 Å². The largest absolute Gasteiger partial charge is 0.503 e. The first-order chi connectivity index (χ1) is 15.3. The third-order valence-electron chi connectivity index (χ3n) is 5.27. The first kappa shape index (κ1) is 19.7. The summed E-state index contributed by atoms with van der Waals surface area (Å²) in [5.41, 5.74) is 0.341. The van der Waals surface area contributed by atoms with Gasteiger partial charge in [-0.3, -0.25) is 14.5 Å². The van der Waals surface area contributed by atoms with Crippen molar-refractivity contribution in [3.8, 4) is 0 Å². The average molecular weight is 435 g/mol. The minimum Gasteiger partial charge on any atom is -0.503 e. The molecule has 0 aliphatic carbocycles. The van der Waals surface area contributed by atoms with Gasteiger partial charge in [-0.05, 0) is 49.4 Å². The second kappa shape index (κ2) is 7.16. The summed E-state index contributed by atoms with van der Waals surface area (Å²) in [5, 5.41) is 10.7. The number of benzene rings is 2. The lowest BCUT2D eigenvalue weighted by molar-refractivity contribution is -0.117. The molecule has 2 aromatic heterocycles. The number of rotatable bonds is 4. The minimum atomic E-state index is -1.48. The predicted octanol–water partition coefficient (Wildman–Crippen LogP) is 4.53. The third kappa shape index (κ3) is 2.97. The molecule has 32 heavy (non-hydrogen) atoms. The maximum atomic E-state index is 14.8. The van der Waals surface area contributed by atoms with Crippen molar-refractivity contribution >= 4 is 28.7 Å². The number of aryl methyl sites for hydroxylation is 1. The van der Waals surface area contributed by atoms with Gasteiger partial charge in [-0.2, -0.15) is 0 Å². The molecule has 2 N–H and O–H groups in total. The van der Waals surface area contributed by atoms with Gasteiger partial charge in [0.05, 0.1) is 16.6 Å². The number of aliphatic hydroxyl groups excluding tert-OH is 1. The normalized spacial score (nSPS) is 16.4. The second-order valence-electron chi connectivity index (χ2n) is 7.32. The number of nitrogens with zero attached hydrogens (tertiary/aromatic N) is 2. The van der Waals surface area contributed by atoms with E-state index >= 15 is 0 Å². The van der Waals surface area contributed by atoms with Crippen LogP contribution in [0.5, 0.6) is 0 Å². The Balaban J connectivity index is 1.72. The van der Waals surface area contributed by atoms with Gasteiger partial charge in [-0.15, -0.1) is 0 Å². The van der Waals surface area contributed by atoms with Crippen molar-refractivity contribution in [1.82, 2.24) is 9.97 Å². The Bertz CT molecular complexity index is 1400. The highest BCUT2D eigenvalue weighted by Crippen LogP contribution is 2.42. The van der Waals surface area contributed by atoms with E-state index in [2.05, 4.69) is 9.97 Å². The molecule has 1 aliphatic rings. The highest BCUT2D eigenvalue weighted by atomic mass is 19.1. The molecular weight excluding hydrogens is 420 g/mol. The highest BCUT2D eigenvalue weighted by Gasteiger charge is 2.47. The molecule has 5 rings (SSSR count).